The van der Waals surface area contributed by atoms with E-state index < -0.39 is 5.97 Å². The van der Waals surface area contributed by atoms with E-state index in [1.165, 1.54) is 17.2 Å². The van der Waals surface area contributed by atoms with Gasteiger partial charge in [0.2, 0.25) is 0 Å². The fourth-order valence-corrected chi connectivity index (χ4v) is 1.82. The molecule has 2 N–H and O–H groups in total. The fraction of sp³-hybridized carbons (Fsp3) is 0.357. The normalized spacial score (nSPS) is 11.4. The Morgan fingerprint density at radius 3 is 2.24 bits per heavy atom. The predicted octanol–water partition coefficient (Wildman–Crippen LogP) is 3.21. The van der Waals surface area contributed by atoms with Crippen molar-refractivity contribution in [3.05, 3.63) is 41.1 Å². The van der Waals surface area contributed by atoms with Gasteiger partial charge < -0.3 is 10.4 Å². The molecule has 3 heteroatoms. The smallest absolute Gasteiger partial charge is 0.330 e. The van der Waals surface area contributed by atoms with Crippen molar-refractivity contribution in [1.82, 2.24) is 0 Å². The van der Waals surface area contributed by atoms with Crippen molar-refractivity contribution in [2.75, 3.05) is 5.32 Å². The summed E-state index contributed by atoms with van der Waals surface area (Å²) in [4.78, 5) is 10.6. The molecule has 17 heavy (non-hydrogen) atoms. The number of carbonyl (C=O) groups is 1. The number of carboxylic acid groups (broad SMARTS) is 1. The predicted molar refractivity (Wildman–Crippen MR) is 70.2 cm³/mol. The summed E-state index contributed by atoms with van der Waals surface area (Å²) in [5.74, 6) is -0.929. The Morgan fingerprint density at radius 2 is 1.82 bits per heavy atom. The van der Waals surface area contributed by atoms with Crippen LogP contribution < -0.4 is 5.32 Å². The van der Waals surface area contributed by atoms with Crippen molar-refractivity contribution >= 4 is 11.7 Å². The molecule has 92 valence electrons. The topological polar surface area (TPSA) is 49.3 Å². The van der Waals surface area contributed by atoms with Crippen LogP contribution in [0.25, 0.3) is 0 Å². The third-order valence-corrected chi connectivity index (χ3v) is 2.66. The number of rotatable bonds is 5. The van der Waals surface area contributed by atoms with Gasteiger partial charge in [-0.3, -0.25) is 0 Å². The molecule has 3 nitrogen and oxygen atoms in total. The number of hydrogen-bond acceptors (Lipinski definition) is 2. The highest BCUT2D eigenvalue weighted by Gasteiger charge is 2.06. The van der Waals surface area contributed by atoms with Crippen molar-refractivity contribution in [3.63, 3.8) is 0 Å². The van der Waals surface area contributed by atoms with Gasteiger partial charge in [-0.15, -0.1) is 0 Å². The van der Waals surface area contributed by atoms with Crippen LogP contribution >= 0.6 is 0 Å². The quantitative estimate of drug-likeness (QED) is 0.768. The van der Waals surface area contributed by atoms with Gasteiger partial charge in [-0.1, -0.05) is 32.0 Å². The standard InChI is InChI=1S/C14H19NO2/c1-4-11-7-6-8-12(5-2)14(11)15-10(3)9-13(16)17/h6-9,15H,4-5H2,1-3H3,(H,16,17)/b10-9-. The number of nitrogens with one attached hydrogen (secondary N) is 1. The maximum atomic E-state index is 10.6. The van der Waals surface area contributed by atoms with Crippen LogP contribution in [0.3, 0.4) is 0 Å². The lowest BCUT2D eigenvalue weighted by Gasteiger charge is -2.15. The monoisotopic (exact) mass is 233 g/mol. The van der Waals surface area contributed by atoms with E-state index in [1.54, 1.807) is 6.92 Å². The van der Waals surface area contributed by atoms with Crippen molar-refractivity contribution < 1.29 is 9.90 Å². The second kappa shape index (κ2) is 6.09. The number of hydrogen-bond donors (Lipinski definition) is 2. The lowest BCUT2D eigenvalue weighted by Crippen LogP contribution is -2.05. The second-order valence-electron chi connectivity index (χ2n) is 3.95. The molecule has 1 rings (SSSR count). The highest BCUT2D eigenvalue weighted by molar-refractivity contribution is 5.81. The van der Waals surface area contributed by atoms with E-state index in [9.17, 15) is 4.79 Å². The van der Waals surface area contributed by atoms with Crippen molar-refractivity contribution in [2.45, 2.75) is 33.6 Å². The lowest BCUT2D eigenvalue weighted by atomic mass is 10.0. The van der Waals surface area contributed by atoms with Gasteiger partial charge >= 0.3 is 5.97 Å². The van der Waals surface area contributed by atoms with Crippen LogP contribution in [0.5, 0.6) is 0 Å². The Bertz CT molecular complexity index is 414. The molecule has 0 aliphatic heterocycles. The second-order valence-corrected chi connectivity index (χ2v) is 3.95. The number of aliphatic carboxylic acids is 1. The van der Waals surface area contributed by atoms with Crippen LogP contribution in [0, 0.1) is 0 Å². The molecular formula is C14H19NO2. The SMILES string of the molecule is CCc1cccc(CC)c1N/C(C)=C\C(=O)O. The summed E-state index contributed by atoms with van der Waals surface area (Å²) in [6.45, 7) is 5.95. The average molecular weight is 233 g/mol. The Labute approximate surface area is 102 Å². The molecule has 0 heterocycles. The molecule has 0 saturated heterocycles. The Kier molecular flexibility index (Phi) is 4.76. The minimum atomic E-state index is -0.929. The molecule has 0 radical (unpaired) electrons. The molecule has 0 aliphatic rings. The molecule has 0 amide bonds. The highest BCUT2D eigenvalue weighted by atomic mass is 16.4. The van der Waals surface area contributed by atoms with Crippen LogP contribution in [-0.4, -0.2) is 11.1 Å². The fourth-order valence-electron chi connectivity index (χ4n) is 1.82. The highest BCUT2D eigenvalue weighted by Crippen LogP contribution is 2.23. The number of allylic oxidation sites excluding steroid dienone is 1. The van der Waals surface area contributed by atoms with Crippen molar-refractivity contribution in [2.24, 2.45) is 0 Å². The molecule has 0 saturated carbocycles. The van der Waals surface area contributed by atoms with Gasteiger partial charge in [0.1, 0.15) is 0 Å². The van der Waals surface area contributed by atoms with Crippen molar-refractivity contribution in [1.29, 1.82) is 0 Å². The van der Waals surface area contributed by atoms with Gasteiger partial charge in [-0.25, -0.2) is 4.79 Å². The Hall–Kier alpha value is -1.77. The first kappa shape index (κ1) is 13.3. The minimum absolute atomic E-state index is 0.646. The third kappa shape index (κ3) is 3.63. The van der Waals surface area contributed by atoms with E-state index >= 15 is 0 Å². The van der Waals surface area contributed by atoms with E-state index in [0.29, 0.717) is 5.70 Å². The Balaban J connectivity index is 3.07. The summed E-state index contributed by atoms with van der Waals surface area (Å²) >= 11 is 0. The first-order chi connectivity index (χ1) is 8.08. The van der Waals surface area contributed by atoms with E-state index in [-0.39, 0.29) is 0 Å². The molecule has 0 fully saturated rings. The number of carboxylic acids is 1. The van der Waals surface area contributed by atoms with Gasteiger partial charge in [-0.2, -0.15) is 0 Å². The molecule has 1 aromatic rings. The largest absolute Gasteiger partial charge is 0.478 e. The summed E-state index contributed by atoms with van der Waals surface area (Å²) < 4.78 is 0. The summed E-state index contributed by atoms with van der Waals surface area (Å²) in [6, 6.07) is 6.17. The zero-order valence-corrected chi connectivity index (χ0v) is 10.6. The van der Waals surface area contributed by atoms with E-state index in [1.807, 2.05) is 6.07 Å². The van der Waals surface area contributed by atoms with Crippen LogP contribution in [0.4, 0.5) is 5.69 Å². The van der Waals surface area contributed by atoms with Gasteiger partial charge in [-0.05, 0) is 30.9 Å². The zero-order chi connectivity index (χ0) is 12.8. The average Bonchev–Trinajstić information content (AvgIpc) is 2.28. The van der Waals surface area contributed by atoms with E-state index in [0.717, 1.165) is 18.5 Å². The van der Waals surface area contributed by atoms with Crippen molar-refractivity contribution in [3.8, 4) is 0 Å². The molecule has 0 spiro atoms. The summed E-state index contributed by atoms with van der Waals surface area (Å²) in [5.41, 5.74) is 4.12. The first-order valence-corrected chi connectivity index (χ1v) is 5.87. The number of anilines is 1. The minimum Gasteiger partial charge on any atom is -0.478 e. The van der Waals surface area contributed by atoms with Gasteiger partial charge in [0, 0.05) is 17.5 Å². The maximum absolute atomic E-state index is 10.6. The molecule has 0 atom stereocenters. The number of aryl methyl sites for hydroxylation is 2. The zero-order valence-electron chi connectivity index (χ0n) is 10.6. The molecule has 0 aromatic heterocycles. The maximum Gasteiger partial charge on any atom is 0.330 e. The van der Waals surface area contributed by atoms with Crippen LogP contribution in [0.2, 0.25) is 0 Å². The summed E-state index contributed by atoms with van der Waals surface area (Å²) in [5, 5.41) is 11.9. The Morgan fingerprint density at radius 1 is 1.29 bits per heavy atom. The molecule has 0 unspecified atom stereocenters. The number of para-hydroxylation sites is 1. The van der Waals surface area contributed by atoms with Gasteiger partial charge in [0.15, 0.2) is 0 Å². The van der Waals surface area contributed by atoms with Gasteiger partial charge in [0.25, 0.3) is 0 Å². The summed E-state index contributed by atoms with van der Waals surface area (Å²) in [6.07, 6.45) is 3.04. The summed E-state index contributed by atoms with van der Waals surface area (Å²) in [7, 11) is 0. The first-order valence-electron chi connectivity index (χ1n) is 5.87. The van der Waals surface area contributed by atoms with Crippen LogP contribution in [0.1, 0.15) is 31.9 Å². The van der Waals surface area contributed by atoms with Crippen LogP contribution in [0.15, 0.2) is 30.0 Å². The molecular weight excluding hydrogens is 214 g/mol. The lowest BCUT2D eigenvalue weighted by molar-refractivity contribution is -0.131. The number of benzene rings is 1. The van der Waals surface area contributed by atoms with Crippen LogP contribution in [-0.2, 0) is 17.6 Å². The third-order valence-electron chi connectivity index (χ3n) is 2.66. The van der Waals surface area contributed by atoms with Gasteiger partial charge in [0.05, 0.1) is 0 Å². The van der Waals surface area contributed by atoms with E-state index in [2.05, 4.69) is 31.3 Å². The van der Waals surface area contributed by atoms with E-state index in [4.69, 9.17) is 5.11 Å². The molecule has 0 bridgehead atoms. The molecule has 0 aliphatic carbocycles. The molecule has 1 aromatic carbocycles.